The second kappa shape index (κ2) is 11.4. The maximum Gasteiger partial charge on any atom is 0.269 e. The van der Waals surface area contributed by atoms with Crippen molar-refractivity contribution in [2.75, 3.05) is 26.0 Å². The van der Waals surface area contributed by atoms with E-state index >= 15 is 0 Å². The molecule has 164 valence electrons. The van der Waals surface area contributed by atoms with E-state index in [1.165, 1.54) is 12.0 Å². The zero-order valence-corrected chi connectivity index (χ0v) is 18.4. The van der Waals surface area contributed by atoms with Gasteiger partial charge in [0.05, 0.1) is 18.5 Å². The van der Waals surface area contributed by atoms with Gasteiger partial charge in [0.1, 0.15) is 0 Å². The van der Waals surface area contributed by atoms with Gasteiger partial charge in [0.25, 0.3) is 10.1 Å². The number of nitrogens with one attached hydrogen (secondary N) is 1. The highest BCUT2D eigenvalue weighted by molar-refractivity contribution is 7.86. The molecule has 1 aromatic rings. The molecule has 0 spiro atoms. The number of ether oxygens (including phenoxy) is 1. The van der Waals surface area contributed by atoms with Crippen molar-refractivity contribution in [3.63, 3.8) is 0 Å². The Morgan fingerprint density at radius 1 is 1.10 bits per heavy atom. The molecule has 1 heterocycles. The molecule has 3 rings (SSSR count). The Kier molecular flexibility index (Phi) is 8.93. The van der Waals surface area contributed by atoms with E-state index in [1.54, 1.807) is 7.11 Å². The summed E-state index contributed by atoms with van der Waals surface area (Å²) in [6.45, 7) is 1.57. The van der Waals surface area contributed by atoms with Crippen LogP contribution >= 0.6 is 0 Å². The lowest BCUT2D eigenvalue weighted by molar-refractivity contribution is 0.0717. The van der Waals surface area contributed by atoms with Gasteiger partial charge in [-0.05, 0) is 44.1 Å². The molecule has 2 atom stereocenters. The van der Waals surface area contributed by atoms with E-state index in [1.807, 2.05) is 18.2 Å². The maximum absolute atomic E-state index is 12.8. The third kappa shape index (κ3) is 7.64. The minimum atomic E-state index is -3.58. The van der Waals surface area contributed by atoms with Crippen LogP contribution in [-0.4, -0.2) is 57.6 Å². The number of benzene rings is 1. The normalized spacial score (nSPS) is 22.7. The van der Waals surface area contributed by atoms with Gasteiger partial charge < -0.3 is 4.74 Å². The lowest BCUT2D eigenvalue weighted by atomic mass is 9.98. The fourth-order valence-corrected chi connectivity index (χ4v) is 5.85. The Balaban J connectivity index is 1.62. The number of methoxy groups -OCH3 is 1. The molecule has 0 bridgehead atoms. The Labute approximate surface area is 176 Å². The smallest absolute Gasteiger partial charge is 0.269 e. The zero-order chi connectivity index (χ0) is 20.5. The SMILES string of the molecule is COC[C@@H]1CCCN1N[C@H](CCc1ccccc1)CS(=O)(=O)OC1CCCCC1. The summed E-state index contributed by atoms with van der Waals surface area (Å²) in [4.78, 5) is 0. The first-order valence-electron chi connectivity index (χ1n) is 11.0. The Bertz CT molecular complexity index is 692. The highest BCUT2D eigenvalue weighted by Gasteiger charge is 2.30. The molecule has 2 fully saturated rings. The van der Waals surface area contributed by atoms with Gasteiger partial charge in [-0.3, -0.25) is 9.61 Å². The molecule has 1 aliphatic carbocycles. The van der Waals surface area contributed by atoms with E-state index in [2.05, 4.69) is 22.6 Å². The highest BCUT2D eigenvalue weighted by Crippen LogP contribution is 2.23. The zero-order valence-electron chi connectivity index (χ0n) is 17.6. The summed E-state index contributed by atoms with van der Waals surface area (Å²) in [6.07, 6.45) is 8.59. The molecule has 29 heavy (non-hydrogen) atoms. The summed E-state index contributed by atoms with van der Waals surface area (Å²) in [5.41, 5.74) is 4.73. The van der Waals surface area contributed by atoms with E-state index in [0.717, 1.165) is 57.9 Å². The Morgan fingerprint density at radius 3 is 2.59 bits per heavy atom. The van der Waals surface area contributed by atoms with Crippen molar-refractivity contribution >= 4 is 10.1 Å². The molecule has 2 aliphatic rings. The minimum absolute atomic E-state index is 0.00648. The fraction of sp³-hybridized carbons (Fsp3) is 0.727. The van der Waals surface area contributed by atoms with Crippen molar-refractivity contribution in [3.05, 3.63) is 35.9 Å². The van der Waals surface area contributed by atoms with Gasteiger partial charge in [-0.25, -0.2) is 5.01 Å². The number of nitrogens with zero attached hydrogens (tertiary/aromatic N) is 1. The standard InChI is InChI=1S/C22H36N2O4S/c1-27-17-21-11-8-16-24(21)23-20(15-14-19-9-4-2-5-10-19)18-29(25,26)28-22-12-6-3-7-13-22/h2,4-5,9-10,20-23H,3,6-8,11-18H2,1H3/t20-,21+/m1/s1. The van der Waals surface area contributed by atoms with Gasteiger partial charge in [0.2, 0.25) is 0 Å². The predicted octanol–water partition coefficient (Wildman–Crippen LogP) is 3.28. The van der Waals surface area contributed by atoms with Crippen LogP contribution in [0.15, 0.2) is 30.3 Å². The molecule has 1 aliphatic heterocycles. The topological polar surface area (TPSA) is 67.9 Å². The van der Waals surface area contributed by atoms with Gasteiger partial charge in [0.15, 0.2) is 0 Å². The largest absolute Gasteiger partial charge is 0.383 e. The molecule has 0 amide bonds. The molecule has 0 aromatic heterocycles. The minimum Gasteiger partial charge on any atom is -0.383 e. The Morgan fingerprint density at radius 2 is 1.86 bits per heavy atom. The molecule has 0 unspecified atom stereocenters. The first-order chi connectivity index (χ1) is 14.1. The molecular weight excluding hydrogens is 388 g/mol. The van der Waals surface area contributed by atoms with Crippen LogP contribution in [0.1, 0.15) is 56.9 Å². The number of hydrazine groups is 1. The van der Waals surface area contributed by atoms with Gasteiger partial charge >= 0.3 is 0 Å². The van der Waals surface area contributed by atoms with Crippen molar-refractivity contribution in [1.82, 2.24) is 10.4 Å². The van der Waals surface area contributed by atoms with E-state index < -0.39 is 10.1 Å². The van der Waals surface area contributed by atoms with Crippen LogP contribution in [0.5, 0.6) is 0 Å². The molecular formula is C22H36N2O4S. The van der Waals surface area contributed by atoms with Crippen molar-refractivity contribution in [1.29, 1.82) is 0 Å². The molecule has 0 radical (unpaired) electrons. The quantitative estimate of drug-likeness (QED) is 0.550. The summed E-state index contributed by atoms with van der Waals surface area (Å²) in [6, 6.07) is 10.3. The van der Waals surface area contributed by atoms with Crippen LogP contribution in [0.3, 0.4) is 0 Å². The third-order valence-electron chi connectivity index (χ3n) is 5.95. The monoisotopic (exact) mass is 424 g/mol. The molecule has 1 saturated carbocycles. The van der Waals surface area contributed by atoms with Crippen molar-refractivity contribution in [3.8, 4) is 0 Å². The predicted molar refractivity (Wildman–Crippen MR) is 115 cm³/mol. The summed E-state index contributed by atoms with van der Waals surface area (Å²) in [7, 11) is -1.86. The lowest BCUT2D eigenvalue weighted by Crippen LogP contribution is -2.51. The van der Waals surface area contributed by atoms with E-state index in [0.29, 0.717) is 12.6 Å². The van der Waals surface area contributed by atoms with Crippen LogP contribution < -0.4 is 5.43 Å². The van der Waals surface area contributed by atoms with Gasteiger partial charge in [0, 0.05) is 25.7 Å². The maximum atomic E-state index is 12.8. The molecule has 1 N–H and O–H groups in total. The van der Waals surface area contributed by atoms with Crippen LogP contribution in [0.2, 0.25) is 0 Å². The summed E-state index contributed by atoms with van der Waals surface area (Å²) in [5.74, 6) is 0.00648. The van der Waals surface area contributed by atoms with Gasteiger partial charge in [-0.1, -0.05) is 49.6 Å². The molecule has 1 aromatic carbocycles. The van der Waals surface area contributed by atoms with Crippen LogP contribution in [0, 0.1) is 0 Å². The first kappa shape index (κ1) is 22.7. The number of rotatable bonds is 11. The fourth-order valence-electron chi connectivity index (χ4n) is 4.43. The Hall–Kier alpha value is -0.990. The van der Waals surface area contributed by atoms with Gasteiger partial charge in [-0.2, -0.15) is 8.42 Å². The van der Waals surface area contributed by atoms with Crippen LogP contribution in [0.4, 0.5) is 0 Å². The van der Waals surface area contributed by atoms with Crippen molar-refractivity contribution in [2.24, 2.45) is 0 Å². The summed E-state index contributed by atoms with van der Waals surface area (Å²) in [5, 5.41) is 2.18. The number of aryl methyl sites for hydroxylation is 1. The summed E-state index contributed by atoms with van der Waals surface area (Å²) >= 11 is 0. The highest BCUT2D eigenvalue weighted by atomic mass is 32.2. The second-order valence-corrected chi connectivity index (χ2v) is 10.0. The average molecular weight is 425 g/mol. The van der Waals surface area contributed by atoms with Crippen LogP contribution in [0.25, 0.3) is 0 Å². The number of hydrogen-bond acceptors (Lipinski definition) is 6. The third-order valence-corrected chi connectivity index (χ3v) is 7.33. The average Bonchev–Trinajstić information content (AvgIpc) is 3.14. The summed E-state index contributed by atoms with van der Waals surface area (Å²) < 4.78 is 36.5. The van der Waals surface area contributed by atoms with E-state index in [9.17, 15) is 8.42 Å². The van der Waals surface area contributed by atoms with Gasteiger partial charge in [-0.15, -0.1) is 0 Å². The number of hydrogen-bond donors (Lipinski definition) is 1. The van der Waals surface area contributed by atoms with Crippen molar-refractivity contribution < 1.29 is 17.3 Å². The van der Waals surface area contributed by atoms with Crippen molar-refractivity contribution in [2.45, 2.75) is 76.0 Å². The lowest BCUT2D eigenvalue weighted by Gasteiger charge is -2.30. The second-order valence-electron chi connectivity index (χ2n) is 8.38. The van der Waals surface area contributed by atoms with E-state index in [4.69, 9.17) is 8.92 Å². The molecule has 7 heteroatoms. The molecule has 1 saturated heterocycles. The molecule has 6 nitrogen and oxygen atoms in total. The first-order valence-corrected chi connectivity index (χ1v) is 12.6. The van der Waals surface area contributed by atoms with E-state index in [-0.39, 0.29) is 17.9 Å². The van der Waals surface area contributed by atoms with Crippen LogP contribution in [-0.2, 0) is 25.5 Å².